The van der Waals surface area contributed by atoms with Gasteiger partial charge in [-0.3, -0.25) is 4.68 Å². The zero-order valence-corrected chi connectivity index (χ0v) is 12.4. The maximum Gasteiger partial charge on any atom is 0.0808 e. The van der Waals surface area contributed by atoms with Gasteiger partial charge in [0.15, 0.2) is 0 Å². The highest BCUT2D eigenvalue weighted by Gasteiger charge is 2.34. The lowest BCUT2D eigenvalue weighted by Gasteiger charge is -2.38. The lowest BCUT2D eigenvalue weighted by molar-refractivity contribution is -0.0810. The van der Waals surface area contributed by atoms with Crippen LogP contribution in [0.5, 0.6) is 0 Å². The van der Waals surface area contributed by atoms with Gasteiger partial charge in [-0.1, -0.05) is 6.92 Å². The normalized spacial score (nSPS) is 27.2. The summed E-state index contributed by atoms with van der Waals surface area (Å²) < 4.78 is 7.95. The van der Waals surface area contributed by atoms with Gasteiger partial charge in [0.1, 0.15) is 0 Å². The molecule has 0 radical (unpaired) electrons. The van der Waals surface area contributed by atoms with Gasteiger partial charge in [0.05, 0.1) is 11.3 Å². The summed E-state index contributed by atoms with van der Waals surface area (Å²) in [6.07, 6.45) is 7.37. The summed E-state index contributed by atoms with van der Waals surface area (Å²) in [7, 11) is 0. The van der Waals surface area contributed by atoms with E-state index in [1.807, 2.05) is 4.68 Å². The minimum Gasteiger partial charge on any atom is -0.374 e. The highest BCUT2D eigenvalue weighted by molar-refractivity contribution is 5.05. The summed E-state index contributed by atoms with van der Waals surface area (Å²) in [6, 6.07) is 2.55. The van der Waals surface area contributed by atoms with Crippen LogP contribution in [-0.4, -0.2) is 28.0 Å². The van der Waals surface area contributed by atoms with E-state index in [4.69, 9.17) is 10.5 Å². The van der Waals surface area contributed by atoms with Crippen molar-refractivity contribution >= 4 is 0 Å². The highest BCUT2D eigenvalue weighted by atomic mass is 16.5. The molecule has 4 nitrogen and oxygen atoms in total. The molecule has 0 saturated carbocycles. The fraction of sp³-hybridized carbons (Fsp3) is 0.800. The molecule has 1 saturated heterocycles. The minimum atomic E-state index is -0.182. The van der Waals surface area contributed by atoms with Gasteiger partial charge in [-0.2, -0.15) is 5.10 Å². The first-order chi connectivity index (χ1) is 9.05. The molecule has 3 atom stereocenters. The molecular formula is C15H27N3O. The molecule has 108 valence electrons. The van der Waals surface area contributed by atoms with Crippen LogP contribution in [-0.2, 0) is 11.2 Å². The Morgan fingerprint density at radius 3 is 2.95 bits per heavy atom. The van der Waals surface area contributed by atoms with Crippen molar-refractivity contribution in [3.05, 3.63) is 18.0 Å². The van der Waals surface area contributed by atoms with Crippen LogP contribution in [0.2, 0.25) is 0 Å². The molecule has 1 aliphatic heterocycles. The van der Waals surface area contributed by atoms with Crippen LogP contribution in [0.4, 0.5) is 0 Å². The Hall–Kier alpha value is -0.870. The smallest absolute Gasteiger partial charge is 0.0808 e. The van der Waals surface area contributed by atoms with Crippen molar-refractivity contribution in [1.82, 2.24) is 9.78 Å². The van der Waals surface area contributed by atoms with Crippen molar-refractivity contribution in [2.75, 3.05) is 6.61 Å². The fourth-order valence-corrected chi connectivity index (χ4v) is 2.61. The third-order valence-electron chi connectivity index (χ3n) is 4.42. The summed E-state index contributed by atoms with van der Waals surface area (Å²) in [6.45, 7) is 7.34. The first-order valence-corrected chi connectivity index (χ1v) is 7.48. The maximum absolute atomic E-state index is 6.36. The molecule has 1 aromatic heterocycles. The molecule has 1 aliphatic rings. The van der Waals surface area contributed by atoms with Gasteiger partial charge >= 0.3 is 0 Å². The second kappa shape index (κ2) is 6.06. The average Bonchev–Trinajstić information content (AvgIpc) is 2.87. The number of nitrogens with two attached hydrogens (primary N) is 1. The number of hydrogen-bond donors (Lipinski definition) is 1. The average molecular weight is 265 g/mol. The van der Waals surface area contributed by atoms with E-state index in [9.17, 15) is 0 Å². The van der Waals surface area contributed by atoms with Crippen molar-refractivity contribution in [2.45, 2.75) is 70.6 Å². The topological polar surface area (TPSA) is 53.1 Å². The molecule has 2 rings (SSSR count). The second-order valence-electron chi connectivity index (χ2n) is 5.97. The molecule has 0 aromatic carbocycles. The van der Waals surface area contributed by atoms with E-state index in [1.165, 1.54) is 6.42 Å². The van der Waals surface area contributed by atoms with E-state index in [0.717, 1.165) is 38.0 Å². The van der Waals surface area contributed by atoms with Gasteiger partial charge in [0.2, 0.25) is 0 Å². The van der Waals surface area contributed by atoms with Crippen LogP contribution in [0.1, 0.15) is 58.2 Å². The molecule has 19 heavy (non-hydrogen) atoms. The van der Waals surface area contributed by atoms with Crippen molar-refractivity contribution in [3.63, 3.8) is 0 Å². The standard InChI is InChI=1S/C15H27N3O/c1-4-12(2)18-9-7-13(17-18)11-14(16)15(3)8-5-6-10-19-15/h7,9,12,14H,4-6,8,10-11,16H2,1-3H3. The predicted molar refractivity (Wildman–Crippen MR) is 77.1 cm³/mol. The number of aromatic nitrogens is 2. The van der Waals surface area contributed by atoms with Crippen molar-refractivity contribution in [3.8, 4) is 0 Å². The molecule has 0 amide bonds. The summed E-state index contributed by atoms with van der Waals surface area (Å²) in [5.41, 5.74) is 7.25. The summed E-state index contributed by atoms with van der Waals surface area (Å²) in [5, 5.41) is 4.63. The Balaban J connectivity index is 1.98. The molecule has 0 bridgehead atoms. The molecule has 4 heteroatoms. The minimum absolute atomic E-state index is 0.0214. The third-order valence-corrected chi connectivity index (χ3v) is 4.42. The van der Waals surface area contributed by atoms with Crippen molar-refractivity contribution < 1.29 is 4.74 Å². The van der Waals surface area contributed by atoms with E-state index < -0.39 is 0 Å². The molecular weight excluding hydrogens is 238 g/mol. The van der Waals surface area contributed by atoms with Crippen LogP contribution in [0.15, 0.2) is 12.3 Å². The van der Waals surface area contributed by atoms with Crippen LogP contribution < -0.4 is 5.73 Å². The number of ether oxygens (including phenoxy) is 1. The summed E-state index contributed by atoms with van der Waals surface area (Å²) in [4.78, 5) is 0. The highest BCUT2D eigenvalue weighted by Crippen LogP contribution is 2.28. The molecule has 1 aromatic rings. The van der Waals surface area contributed by atoms with Crippen molar-refractivity contribution in [2.24, 2.45) is 5.73 Å². The Morgan fingerprint density at radius 1 is 1.53 bits per heavy atom. The largest absolute Gasteiger partial charge is 0.374 e. The predicted octanol–water partition coefficient (Wildman–Crippen LogP) is 2.68. The Morgan fingerprint density at radius 2 is 2.32 bits per heavy atom. The maximum atomic E-state index is 6.36. The Kier molecular flexibility index (Phi) is 4.63. The van der Waals surface area contributed by atoms with Gasteiger partial charge in [-0.25, -0.2) is 0 Å². The Bertz CT molecular complexity index is 396. The molecule has 0 aliphatic carbocycles. The second-order valence-corrected chi connectivity index (χ2v) is 5.97. The van der Waals surface area contributed by atoms with E-state index in [2.05, 4.69) is 38.1 Å². The molecule has 1 fully saturated rings. The van der Waals surface area contributed by atoms with Crippen LogP contribution in [0, 0.1) is 0 Å². The van der Waals surface area contributed by atoms with E-state index in [0.29, 0.717) is 6.04 Å². The zero-order valence-electron chi connectivity index (χ0n) is 12.4. The molecule has 2 heterocycles. The van der Waals surface area contributed by atoms with Crippen molar-refractivity contribution in [1.29, 1.82) is 0 Å². The van der Waals surface area contributed by atoms with Gasteiger partial charge in [-0.15, -0.1) is 0 Å². The van der Waals surface area contributed by atoms with E-state index in [-0.39, 0.29) is 11.6 Å². The van der Waals surface area contributed by atoms with Gasteiger partial charge in [0.25, 0.3) is 0 Å². The number of nitrogens with zero attached hydrogens (tertiary/aromatic N) is 2. The fourth-order valence-electron chi connectivity index (χ4n) is 2.61. The summed E-state index contributed by atoms with van der Waals surface area (Å²) >= 11 is 0. The lowest BCUT2D eigenvalue weighted by Crippen LogP contribution is -2.50. The SMILES string of the molecule is CCC(C)n1ccc(CC(N)C2(C)CCCCO2)n1. The van der Waals surface area contributed by atoms with Gasteiger partial charge < -0.3 is 10.5 Å². The van der Waals surface area contributed by atoms with Crippen LogP contribution >= 0.6 is 0 Å². The third kappa shape index (κ3) is 3.37. The number of hydrogen-bond acceptors (Lipinski definition) is 3. The summed E-state index contributed by atoms with van der Waals surface area (Å²) in [5.74, 6) is 0. The van der Waals surface area contributed by atoms with E-state index >= 15 is 0 Å². The van der Waals surface area contributed by atoms with Gasteiger partial charge in [0, 0.05) is 31.3 Å². The molecule has 0 spiro atoms. The first kappa shape index (κ1) is 14.5. The first-order valence-electron chi connectivity index (χ1n) is 7.48. The Labute approximate surface area is 116 Å². The molecule has 2 N–H and O–H groups in total. The van der Waals surface area contributed by atoms with Gasteiger partial charge in [-0.05, 0) is 45.6 Å². The monoisotopic (exact) mass is 265 g/mol. The molecule has 3 unspecified atom stereocenters. The quantitative estimate of drug-likeness (QED) is 0.890. The van der Waals surface area contributed by atoms with Crippen LogP contribution in [0.3, 0.4) is 0 Å². The van der Waals surface area contributed by atoms with Crippen LogP contribution in [0.25, 0.3) is 0 Å². The number of rotatable bonds is 5. The lowest BCUT2D eigenvalue weighted by atomic mass is 9.86. The zero-order chi connectivity index (χ0) is 13.9. The van der Waals surface area contributed by atoms with E-state index in [1.54, 1.807) is 0 Å².